The number of pyridine rings is 1. The van der Waals surface area contributed by atoms with Gasteiger partial charge in [0.25, 0.3) is 0 Å². The number of nitrogens with zero attached hydrogens (tertiary/aromatic N) is 2. The molecular weight excluding hydrogens is 310 g/mol. The maximum atomic E-state index is 11.1. The normalized spacial score (nSPS) is 11.1. The number of nitrogens with one attached hydrogen (secondary N) is 1. The molecule has 2 aromatic carbocycles. The third-order valence-corrected chi connectivity index (χ3v) is 4.61. The lowest BCUT2D eigenvalue weighted by Gasteiger charge is -2.07. The van der Waals surface area contributed by atoms with Crippen molar-refractivity contribution in [1.29, 1.82) is 0 Å². The van der Waals surface area contributed by atoms with Gasteiger partial charge in [0.2, 0.25) is 5.91 Å². The number of benzene rings is 2. The first-order valence-electron chi connectivity index (χ1n) is 8.29. The fourth-order valence-electron chi connectivity index (χ4n) is 3.32. The van der Waals surface area contributed by atoms with Crippen LogP contribution in [0.2, 0.25) is 0 Å². The second-order valence-electron chi connectivity index (χ2n) is 6.29. The number of aromatic nitrogens is 2. The summed E-state index contributed by atoms with van der Waals surface area (Å²) >= 11 is 0. The summed E-state index contributed by atoms with van der Waals surface area (Å²) in [7, 11) is 2.07. The molecule has 1 amide bonds. The fraction of sp³-hybridized carbons (Fsp3) is 0.143. The van der Waals surface area contributed by atoms with Gasteiger partial charge in [-0.05, 0) is 41.0 Å². The largest absolute Gasteiger partial charge is 0.352 e. The van der Waals surface area contributed by atoms with Crippen LogP contribution in [0.25, 0.3) is 32.9 Å². The van der Waals surface area contributed by atoms with Crippen molar-refractivity contribution >= 4 is 27.7 Å². The van der Waals surface area contributed by atoms with E-state index in [1.807, 2.05) is 24.5 Å². The molecular formula is C21H19N3O. The monoisotopic (exact) mass is 329 g/mol. The number of rotatable bonds is 3. The van der Waals surface area contributed by atoms with Crippen LogP contribution < -0.4 is 5.32 Å². The predicted octanol–water partition coefficient (Wildman–Crippen LogP) is 4.03. The molecule has 0 atom stereocenters. The molecule has 4 aromatic rings. The summed E-state index contributed by atoms with van der Waals surface area (Å²) in [6.45, 7) is 2.08. The molecule has 2 heterocycles. The maximum absolute atomic E-state index is 11.1. The summed E-state index contributed by atoms with van der Waals surface area (Å²) in [5, 5.41) is 5.29. The van der Waals surface area contributed by atoms with Gasteiger partial charge in [0.1, 0.15) is 0 Å². The van der Waals surface area contributed by atoms with Crippen molar-refractivity contribution in [1.82, 2.24) is 14.9 Å². The molecule has 0 saturated carbocycles. The highest BCUT2D eigenvalue weighted by Crippen LogP contribution is 2.31. The van der Waals surface area contributed by atoms with E-state index in [0.29, 0.717) is 6.54 Å². The highest BCUT2D eigenvalue weighted by atomic mass is 16.1. The van der Waals surface area contributed by atoms with Crippen molar-refractivity contribution in [2.45, 2.75) is 13.5 Å². The van der Waals surface area contributed by atoms with E-state index in [1.165, 1.54) is 28.8 Å². The average molecular weight is 329 g/mol. The van der Waals surface area contributed by atoms with Gasteiger partial charge in [-0.3, -0.25) is 9.78 Å². The summed E-state index contributed by atoms with van der Waals surface area (Å²) in [6.07, 6.45) is 3.74. The third-order valence-electron chi connectivity index (χ3n) is 4.61. The molecule has 0 aliphatic carbocycles. The van der Waals surface area contributed by atoms with E-state index < -0.39 is 0 Å². The first-order chi connectivity index (χ1) is 12.1. The minimum atomic E-state index is -0.0174. The minimum Gasteiger partial charge on any atom is -0.352 e. The Kier molecular flexibility index (Phi) is 3.73. The number of hydrogen-bond acceptors (Lipinski definition) is 2. The molecule has 0 aliphatic rings. The van der Waals surface area contributed by atoms with Gasteiger partial charge in [-0.25, -0.2) is 0 Å². The highest BCUT2D eigenvalue weighted by molar-refractivity contribution is 6.08. The smallest absolute Gasteiger partial charge is 0.217 e. The zero-order valence-electron chi connectivity index (χ0n) is 14.3. The summed E-state index contributed by atoms with van der Waals surface area (Å²) in [5.74, 6) is -0.0174. The number of amides is 1. The van der Waals surface area contributed by atoms with Crippen molar-refractivity contribution in [2.24, 2.45) is 7.05 Å². The van der Waals surface area contributed by atoms with Gasteiger partial charge in [0.15, 0.2) is 0 Å². The van der Waals surface area contributed by atoms with Gasteiger partial charge in [-0.15, -0.1) is 0 Å². The SMILES string of the molecule is CC(=O)NCc1cccc(-c2ccc3c(c2)c2ccncc2n3C)c1. The predicted molar refractivity (Wildman–Crippen MR) is 101 cm³/mol. The number of carbonyl (C=O) groups is 1. The molecule has 1 N–H and O–H groups in total. The minimum absolute atomic E-state index is 0.0174. The lowest BCUT2D eigenvalue weighted by molar-refractivity contribution is -0.119. The lowest BCUT2D eigenvalue weighted by atomic mass is 10.0. The average Bonchev–Trinajstić information content (AvgIpc) is 2.93. The standard InChI is InChI=1S/C21H19N3O/c1-14(25)23-12-15-4-3-5-16(10-15)17-6-7-20-19(11-17)18-8-9-22-13-21(18)24(20)2/h3-11,13H,12H2,1-2H3,(H,23,25). The molecule has 4 rings (SSSR count). The zero-order chi connectivity index (χ0) is 17.4. The lowest BCUT2D eigenvalue weighted by Crippen LogP contribution is -2.18. The van der Waals surface area contributed by atoms with E-state index in [2.05, 4.69) is 58.3 Å². The Hall–Kier alpha value is -3.14. The van der Waals surface area contributed by atoms with E-state index in [4.69, 9.17) is 0 Å². The summed E-state index contributed by atoms with van der Waals surface area (Å²) in [5.41, 5.74) is 5.74. The molecule has 0 bridgehead atoms. The number of fused-ring (bicyclic) bond motifs is 3. The van der Waals surface area contributed by atoms with Gasteiger partial charge in [-0.2, -0.15) is 0 Å². The van der Waals surface area contributed by atoms with Crippen molar-refractivity contribution in [2.75, 3.05) is 0 Å². The molecule has 0 saturated heterocycles. The molecule has 2 aromatic heterocycles. The molecule has 124 valence electrons. The van der Waals surface area contributed by atoms with Crippen LogP contribution in [-0.4, -0.2) is 15.5 Å². The van der Waals surface area contributed by atoms with Gasteiger partial charge in [0.05, 0.1) is 11.7 Å². The first-order valence-corrected chi connectivity index (χ1v) is 8.29. The first kappa shape index (κ1) is 15.4. The summed E-state index contributed by atoms with van der Waals surface area (Å²) in [6, 6.07) is 16.9. The van der Waals surface area contributed by atoms with Crippen LogP contribution in [0, 0.1) is 0 Å². The Balaban J connectivity index is 1.81. The Morgan fingerprint density at radius 1 is 1.04 bits per heavy atom. The van der Waals surface area contributed by atoms with Crippen LogP contribution in [0.15, 0.2) is 60.9 Å². The van der Waals surface area contributed by atoms with Crippen LogP contribution in [0.1, 0.15) is 12.5 Å². The van der Waals surface area contributed by atoms with Crippen LogP contribution in [0.4, 0.5) is 0 Å². The van der Waals surface area contributed by atoms with Gasteiger partial charge in [-0.1, -0.05) is 24.3 Å². The third kappa shape index (κ3) is 2.76. The summed E-state index contributed by atoms with van der Waals surface area (Å²) < 4.78 is 2.18. The second-order valence-corrected chi connectivity index (χ2v) is 6.29. The van der Waals surface area contributed by atoms with E-state index in [9.17, 15) is 4.79 Å². The Morgan fingerprint density at radius 3 is 2.72 bits per heavy atom. The Morgan fingerprint density at radius 2 is 1.88 bits per heavy atom. The quantitative estimate of drug-likeness (QED) is 0.617. The second kappa shape index (κ2) is 6.06. The van der Waals surface area contributed by atoms with Crippen LogP contribution in [0.5, 0.6) is 0 Å². The highest BCUT2D eigenvalue weighted by Gasteiger charge is 2.09. The van der Waals surface area contributed by atoms with Crippen molar-refractivity contribution < 1.29 is 4.79 Å². The Bertz CT molecular complexity index is 1090. The maximum Gasteiger partial charge on any atom is 0.217 e. The van der Waals surface area contributed by atoms with E-state index >= 15 is 0 Å². The van der Waals surface area contributed by atoms with Gasteiger partial charge < -0.3 is 9.88 Å². The van der Waals surface area contributed by atoms with Crippen molar-refractivity contribution in [3.63, 3.8) is 0 Å². The van der Waals surface area contributed by atoms with Gasteiger partial charge >= 0.3 is 0 Å². The molecule has 4 heteroatoms. The molecule has 0 aliphatic heterocycles. The molecule has 0 fully saturated rings. The summed E-state index contributed by atoms with van der Waals surface area (Å²) in [4.78, 5) is 15.4. The number of aryl methyl sites for hydroxylation is 1. The van der Waals surface area contributed by atoms with Crippen LogP contribution >= 0.6 is 0 Å². The van der Waals surface area contributed by atoms with Crippen molar-refractivity contribution in [3.05, 3.63) is 66.5 Å². The molecule has 0 radical (unpaired) electrons. The van der Waals surface area contributed by atoms with Crippen molar-refractivity contribution in [3.8, 4) is 11.1 Å². The molecule has 4 nitrogen and oxygen atoms in total. The zero-order valence-corrected chi connectivity index (χ0v) is 14.3. The number of hydrogen-bond donors (Lipinski definition) is 1. The van der Waals surface area contributed by atoms with E-state index in [0.717, 1.165) is 16.6 Å². The Labute approximate surface area is 146 Å². The van der Waals surface area contributed by atoms with E-state index in [1.54, 1.807) is 0 Å². The van der Waals surface area contributed by atoms with Gasteiger partial charge in [0, 0.05) is 43.0 Å². The molecule has 0 unspecified atom stereocenters. The molecule has 0 spiro atoms. The van der Waals surface area contributed by atoms with E-state index in [-0.39, 0.29) is 5.91 Å². The topological polar surface area (TPSA) is 46.9 Å². The van der Waals surface area contributed by atoms with Crippen LogP contribution in [-0.2, 0) is 18.4 Å². The van der Waals surface area contributed by atoms with Crippen LogP contribution in [0.3, 0.4) is 0 Å². The molecule has 25 heavy (non-hydrogen) atoms. The number of carbonyl (C=O) groups excluding carboxylic acids is 1. The fourth-order valence-corrected chi connectivity index (χ4v) is 3.32.